The highest BCUT2D eigenvalue weighted by Crippen LogP contribution is 2.28. The zero-order valence-corrected chi connectivity index (χ0v) is 10.8. The number of hydrogen-bond donors (Lipinski definition) is 0. The molecule has 0 spiro atoms. The molecule has 0 aliphatic carbocycles. The van der Waals surface area contributed by atoms with Gasteiger partial charge in [0, 0.05) is 10.6 Å². The molecule has 0 nitrogen and oxygen atoms in total. The zero-order chi connectivity index (χ0) is 13.1. The Labute approximate surface area is 114 Å². The highest BCUT2D eigenvalue weighted by atomic mass is 35.5. The third-order valence-electron chi connectivity index (χ3n) is 2.62. The Morgan fingerprint density at radius 1 is 1.06 bits per heavy atom. The first kappa shape index (κ1) is 13.3. The highest BCUT2D eigenvalue weighted by Gasteiger charge is 2.16. The molecule has 0 aliphatic heterocycles. The predicted molar refractivity (Wildman–Crippen MR) is 70.1 cm³/mol. The van der Waals surface area contributed by atoms with Crippen molar-refractivity contribution in [1.82, 2.24) is 0 Å². The Balaban J connectivity index is 2.22. The van der Waals surface area contributed by atoms with Crippen LogP contribution in [0.15, 0.2) is 42.5 Å². The summed E-state index contributed by atoms with van der Waals surface area (Å²) in [4.78, 5) is 0. The fourth-order valence-corrected chi connectivity index (χ4v) is 2.30. The van der Waals surface area contributed by atoms with Gasteiger partial charge in [-0.1, -0.05) is 35.9 Å². The van der Waals surface area contributed by atoms with E-state index in [2.05, 4.69) is 0 Å². The van der Waals surface area contributed by atoms with Crippen LogP contribution in [0.1, 0.15) is 16.5 Å². The molecule has 2 rings (SSSR count). The minimum absolute atomic E-state index is 0.164. The van der Waals surface area contributed by atoms with Crippen LogP contribution < -0.4 is 0 Å². The molecule has 18 heavy (non-hydrogen) atoms. The Kier molecular flexibility index (Phi) is 4.20. The first-order valence-corrected chi connectivity index (χ1v) is 6.22. The first-order valence-electron chi connectivity index (χ1n) is 5.40. The summed E-state index contributed by atoms with van der Waals surface area (Å²) < 4.78 is 26.6. The molecule has 0 amide bonds. The second-order valence-electron chi connectivity index (χ2n) is 3.94. The second-order valence-corrected chi connectivity index (χ2v) is 4.91. The first-order chi connectivity index (χ1) is 8.58. The average Bonchev–Trinajstić information content (AvgIpc) is 2.32. The molecule has 0 fully saturated rings. The van der Waals surface area contributed by atoms with Gasteiger partial charge in [-0.3, -0.25) is 0 Å². The van der Waals surface area contributed by atoms with Crippen LogP contribution >= 0.6 is 23.2 Å². The van der Waals surface area contributed by atoms with Gasteiger partial charge in [0.25, 0.3) is 0 Å². The van der Waals surface area contributed by atoms with Gasteiger partial charge in [0.05, 0.1) is 5.38 Å². The molecule has 0 aromatic heterocycles. The average molecular weight is 287 g/mol. The van der Waals surface area contributed by atoms with Gasteiger partial charge in [0.1, 0.15) is 0 Å². The topological polar surface area (TPSA) is 0 Å². The van der Waals surface area contributed by atoms with Gasteiger partial charge in [-0.15, -0.1) is 11.6 Å². The number of alkyl halides is 1. The summed E-state index contributed by atoms with van der Waals surface area (Å²) in [6.07, 6.45) is 0.391. The van der Waals surface area contributed by atoms with Crippen molar-refractivity contribution < 1.29 is 8.78 Å². The quantitative estimate of drug-likeness (QED) is 0.685. The maximum atomic E-state index is 13.5. The Hall–Kier alpha value is -1.12. The van der Waals surface area contributed by atoms with Crippen LogP contribution in [0.4, 0.5) is 8.78 Å². The van der Waals surface area contributed by atoms with Crippen molar-refractivity contribution in [3.63, 3.8) is 0 Å². The molecule has 1 unspecified atom stereocenters. The molecule has 4 heteroatoms. The van der Waals surface area contributed by atoms with Crippen molar-refractivity contribution in [3.8, 4) is 0 Å². The van der Waals surface area contributed by atoms with Crippen LogP contribution in [0.3, 0.4) is 0 Å². The molecule has 2 aromatic rings. The summed E-state index contributed by atoms with van der Waals surface area (Å²) in [7, 11) is 0. The molecule has 0 bridgehead atoms. The number of rotatable bonds is 3. The summed E-state index contributed by atoms with van der Waals surface area (Å²) in [5.41, 5.74) is 1.04. The van der Waals surface area contributed by atoms with Crippen LogP contribution in [0.2, 0.25) is 5.02 Å². The maximum Gasteiger partial charge on any atom is 0.163 e. The molecule has 0 N–H and O–H groups in total. The van der Waals surface area contributed by atoms with Crippen molar-refractivity contribution in [2.75, 3.05) is 0 Å². The number of hydrogen-bond acceptors (Lipinski definition) is 0. The van der Waals surface area contributed by atoms with Gasteiger partial charge in [-0.05, 0) is 30.2 Å². The van der Waals surface area contributed by atoms with E-state index in [0.717, 1.165) is 11.6 Å². The number of halogens is 4. The fraction of sp³-hybridized carbons (Fsp3) is 0.143. The Morgan fingerprint density at radius 2 is 1.78 bits per heavy atom. The van der Waals surface area contributed by atoms with Crippen molar-refractivity contribution in [2.45, 2.75) is 11.8 Å². The van der Waals surface area contributed by atoms with Crippen LogP contribution in [-0.2, 0) is 6.42 Å². The van der Waals surface area contributed by atoms with E-state index < -0.39 is 17.0 Å². The van der Waals surface area contributed by atoms with Gasteiger partial charge < -0.3 is 0 Å². The minimum Gasteiger partial charge on any atom is -0.204 e. The predicted octanol–water partition coefficient (Wildman–Crippen LogP) is 5.14. The third-order valence-corrected chi connectivity index (χ3v) is 3.25. The molecular formula is C14H10Cl2F2. The summed E-state index contributed by atoms with van der Waals surface area (Å²) in [6.45, 7) is 0. The molecule has 94 valence electrons. The molecule has 2 aromatic carbocycles. The van der Waals surface area contributed by atoms with Crippen molar-refractivity contribution in [2.24, 2.45) is 0 Å². The number of benzene rings is 2. The van der Waals surface area contributed by atoms with E-state index in [1.807, 2.05) is 6.07 Å². The standard InChI is InChI=1S/C14H10Cl2F2/c15-10-4-1-3-9(7-10)8-12(16)11-5-2-6-13(17)14(11)18/h1-7,12H,8H2. The molecule has 0 saturated heterocycles. The molecule has 1 atom stereocenters. The van der Waals surface area contributed by atoms with Crippen LogP contribution in [-0.4, -0.2) is 0 Å². The minimum atomic E-state index is -0.889. The van der Waals surface area contributed by atoms with Crippen molar-refractivity contribution >= 4 is 23.2 Å². The van der Waals surface area contributed by atoms with E-state index in [9.17, 15) is 8.78 Å². The van der Waals surface area contributed by atoms with Crippen LogP contribution in [0, 0.1) is 11.6 Å². The van der Waals surface area contributed by atoms with Crippen molar-refractivity contribution in [1.29, 1.82) is 0 Å². The van der Waals surface area contributed by atoms with Gasteiger partial charge in [-0.2, -0.15) is 0 Å². The third kappa shape index (κ3) is 3.01. The lowest BCUT2D eigenvalue weighted by molar-refractivity contribution is 0.497. The van der Waals surface area contributed by atoms with Crippen molar-refractivity contribution in [3.05, 3.63) is 70.2 Å². The van der Waals surface area contributed by atoms with Crippen LogP contribution in [0.5, 0.6) is 0 Å². The largest absolute Gasteiger partial charge is 0.204 e. The lowest BCUT2D eigenvalue weighted by atomic mass is 10.0. The SMILES string of the molecule is Fc1cccc(C(Cl)Cc2cccc(Cl)c2)c1F. The molecule has 0 saturated carbocycles. The summed E-state index contributed by atoms with van der Waals surface area (Å²) >= 11 is 12.0. The molecule has 0 radical (unpaired) electrons. The lowest BCUT2D eigenvalue weighted by Crippen LogP contribution is -2.01. The Bertz CT molecular complexity index is 555. The normalized spacial score (nSPS) is 12.4. The summed E-state index contributed by atoms with van der Waals surface area (Å²) in [5, 5.41) is -0.0322. The summed E-state index contributed by atoms with van der Waals surface area (Å²) in [5.74, 6) is -1.77. The summed E-state index contributed by atoms with van der Waals surface area (Å²) in [6, 6.07) is 11.1. The van der Waals surface area contributed by atoms with E-state index in [1.165, 1.54) is 12.1 Å². The van der Waals surface area contributed by atoms with Gasteiger partial charge >= 0.3 is 0 Å². The monoisotopic (exact) mass is 286 g/mol. The van der Waals surface area contributed by atoms with Gasteiger partial charge in [0.15, 0.2) is 11.6 Å². The second kappa shape index (κ2) is 5.68. The molecule has 0 heterocycles. The molecule has 0 aliphatic rings. The van der Waals surface area contributed by atoms with Crippen LogP contribution in [0.25, 0.3) is 0 Å². The fourth-order valence-electron chi connectivity index (χ4n) is 1.74. The van der Waals surface area contributed by atoms with E-state index in [1.54, 1.807) is 18.2 Å². The Morgan fingerprint density at radius 3 is 2.50 bits per heavy atom. The van der Waals surface area contributed by atoms with E-state index in [4.69, 9.17) is 23.2 Å². The van der Waals surface area contributed by atoms with Gasteiger partial charge in [0.2, 0.25) is 0 Å². The van der Waals surface area contributed by atoms with E-state index in [-0.39, 0.29) is 5.56 Å². The maximum absolute atomic E-state index is 13.5. The lowest BCUT2D eigenvalue weighted by Gasteiger charge is -2.11. The molecular weight excluding hydrogens is 277 g/mol. The smallest absolute Gasteiger partial charge is 0.163 e. The van der Waals surface area contributed by atoms with E-state index in [0.29, 0.717) is 11.4 Å². The van der Waals surface area contributed by atoms with Gasteiger partial charge in [-0.25, -0.2) is 8.78 Å². The van der Waals surface area contributed by atoms with E-state index >= 15 is 0 Å². The highest BCUT2D eigenvalue weighted by molar-refractivity contribution is 6.30. The zero-order valence-electron chi connectivity index (χ0n) is 9.34.